The molecule has 2 aromatic rings. The number of phenols is 1. The molecule has 1 unspecified atom stereocenters. The van der Waals surface area contributed by atoms with E-state index in [9.17, 15) is 15.0 Å². The second-order valence-corrected chi connectivity index (χ2v) is 4.82. The second kappa shape index (κ2) is 5.66. The van der Waals surface area contributed by atoms with Crippen LogP contribution in [0.5, 0.6) is 5.75 Å². The number of carbonyl (C=O) groups is 1. The Morgan fingerprint density at radius 1 is 1.28 bits per heavy atom. The summed E-state index contributed by atoms with van der Waals surface area (Å²) in [5.41, 5.74) is 0.376. The first kappa shape index (κ1) is 12.6. The normalized spacial score (nSPS) is 12.2. The van der Waals surface area contributed by atoms with E-state index >= 15 is 0 Å². The molecule has 0 saturated heterocycles. The van der Waals surface area contributed by atoms with Crippen molar-refractivity contribution in [2.24, 2.45) is 0 Å². The third kappa shape index (κ3) is 2.88. The van der Waals surface area contributed by atoms with Crippen LogP contribution in [0, 0.1) is 0 Å². The van der Waals surface area contributed by atoms with Gasteiger partial charge in [-0.05, 0) is 17.5 Å². The van der Waals surface area contributed by atoms with Crippen LogP contribution in [0.15, 0.2) is 41.8 Å². The molecule has 1 aromatic heterocycles. The number of thiophene rings is 1. The summed E-state index contributed by atoms with van der Waals surface area (Å²) in [4.78, 5) is 12.3. The van der Waals surface area contributed by atoms with Crippen molar-refractivity contribution in [2.75, 3.05) is 0 Å². The van der Waals surface area contributed by atoms with Gasteiger partial charge < -0.3 is 10.2 Å². The lowest BCUT2D eigenvalue weighted by Gasteiger charge is -2.15. The fourth-order valence-electron chi connectivity index (χ4n) is 1.68. The number of carboxylic acids is 1. The van der Waals surface area contributed by atoms with Crippen LogP contribution < -0.4 is 5.32 Å². The Bertz CT molecular complexity index is 525. The Balaban J connectivity index is 2.14. The van der Waals surface area contributed by atoms with E-state index in [1.165, 1.54) is 6.07 Å². The lowest BCUT2D eigenvalue weighted by Crippen LogP contribution is -2.27. The quantitative estimate of drug-likeness (QED) is 0.774. The predicted octanol–water partition coefficient (Wildman–Crippen LogP) is 2.37. The number of hydrogen-bond donors (Lipinski definition) is 3. The number of hydrogen-bond acceptors (Lipinski definition) is 4. The van der Waals surface area contributed by atoms with Crippen molar-refractivity contribution in [3.63, 3.8) is 0 Å². The van der Waals surface area contributed by atoms with Gasteiger partial charge in [0.25, 0.3) is 0 Å². The molecule has 3 N–H and O–H groups in total. The van der Waals surface area contributed by atoms with Gasteiger partial charge >= 0.3 is 5.97 Å². The highest BCUT2D eigenvalue weighted by Crippen LogP contribution is 2.24. The summed E-state index contributed by atoms with van der Waals surface area (Å²) in [6, 6.07) is 9.40. The van der Waals surface area contributed by atoms with E-state index in [-0.39, 0.29) is 5.75 Å². The molecule has 1 aromatic carbocycles. The minimum absolute atomic E-state index is 0.0106. The molecule has 1 atom stereocenters. The Morgan fingerprint density at radius 2 is 2.06 bits per heavy atom. The summed E-state index contributed by atoms with van der Waals surface area (Å²) >= 11 is 1.56. The lowest BCUT2D eigenvalue weighted by molar-refractivity contribution is -0.139. The number of phenolic OH excluding ortho intramolecular Hbond substituents is 1. The SMILES string of the molecule is O=C(O)C(NCc1cccs1)c1ccccc1O. The first-order valence-corrected chi connectivity index (χ1v) is 6.33. The molecule has 94 valence electrons. The summed E-state index contributed by atoms with van der Waals surface area (Å²) in [5.74, 6) is -1.02. The Kier molecular flexibility index (Phi) is 3.96. The molecular weight excluding hydrogens is 250 g/mol. The zero-order valence-corrected chi connectivity index (χ0v) is 10.4. The zero-order valence-electron chi connectivity index (χ0n) is 9.54. The maximum atomic E-state index is 11.2. The number of benzene rings is 1. The highest BCUT2D eigenvalue weighted by Gasteiger charge is 2.21. The number of rotatable bonds is 5. The Hall–Kier alpha value is -1.85. The molecule has 0 bridgehead atoms. The molecule has 0 radical (unpaired) electrons. The van der Waals surface area contributed by atoms with Crippen molar-refractivity contribution in [3.05, 3.63) is 52.2 Å². The van der Waals surface area contributed by atoms with E-state index in [1.54, 1.807) is 29.5 Å². The number of para-hydroxylation sites is 1. The van der Waals surface area contributed by atoms with Crippen LogP contribution in [-0.4, -0.2) is 16.2 Å². The molecule has 0 aliphatic rings. The van der Waals surface area contributed by atoms with Crippen molar-refractivity contribution in [3.8, 4) is 5.75 Å². The van der Waals surface area contributed by atoms with E-state index in [0.29, 0.717) is 12.1 Å². The standard InChI is InChI=1S/C13H13NO3S/c15-11-6-2-1-5-10(11)12(13(16)17)14-8-9-4-3-7-18-9/h1-7,12,14-15H,8H2,(H,16,17). The summed E-state index contributed by atoms with van der Waals surface area (Å²) in [5, 5.41) is 23.8. The van der Waals surface area contributed by atoms with E-state index in [4.69, 9.17) is 0 Å². The largest absolute Gasteiger partial charge is 0.508 e. The molecule has 0 aliphatic carbocycles. The topological polar surface area (TPSA) is 69.6 Å². The average Bonchev–Trinajstić information content (AvgIpc) is 2.84. The number of aliphatic carboxylic acids is 1. The van der Waals surface area contributed by atoms with Crippen molar-refractivity contribution < 1.29 is 15.0 Å². The zero-order chi connectivity index (χ0) is 13.0. The summed E-state index contributed by atoms with van der Waals surface area (Å²) in [6.45, 7) is 0.461. The van der Waals surface area contributed by atoms with Gasteiger partial charge in [-0.1, -0.05) is 24.3 Å². The van der Waals surface area contributed by atoms with Crippen molar-refractivity contribution in [2.45, 2.75) is 12.6 Å². The van der Waals surface area contributed by atoms with Crippen LogP contribution in [0.3, 0.4) is 0 Å². The first-order valence-electron chi connectivity index (χ1n) is 5.45. The van der Waals surface area contributed by atoms with Gasteiger partial charge in [-0.2, -0.15) is 0 Å². The smallest absolute Gasteiger partial charge is 0.325 e. The Morgan fingerprint density at radius 3 is 2.67 bits per heavy atom. The molecule has 0 saturated carbocycles. The van der Waals surface area contributed by atoms with Gasteiger partial charge in [0.15, 0.2) is 0 Å². The number of nitrogens with one attached hydrogen (secondary N) is 1. The summed E-state index contributed by atoms with van der Waals surface area (Å²) < 4.78 is 0. The summed E-state index contributed by atoms with van der Waals surface area (Å²) in [6.07, 6.45) is 0. The van der Waals surface area contributed by atoms with E-state index in [0.717, 1.165) is 4.88 Å². The molecule has 0 spiro atoms. The maximum Gasteiger partial charge on any atom is 0.325 e. The van der Waals surface area contributed by atoms with Crippen LogP contribution >= 0.6 is 11.3 Å². The van der Waals surface area contributed by atoms with Crippen LogP contribution in [-0.2, 0) is 11.3 Å². The van der Waals surface area contributed by atoms with Crippen molar-refractivity contribution in [1.29, 1.82) is 0 Å². The molecule has 1 heterocycles. The van der Waals surface area contributed by atoms with Gasteiger partial charge in [-0.25, -0.2) is 0 Å². The predicted molar refractivity (Wildman–Crippen MR) is 69.6 cm³/mol. The maximum absolute atomic E-state index is 11.2. The summed E-state index contributed by atoms with van der Waals surface area (Å²) in [7, 11) is 0. The minimum atomic E-state index is -1.01. The molecular formula is C13H13NO3S. The average molecular weight is 263 g/mol. The van der Waals surface area contributed by atoms with Crippen LogP contribution in [0.1, 0.15) is 16.5 Å². The molecule has 5 heteroatoms. The van der Waals surface area contributed by atoms with Gasteiger partial charge in [-0.15, -0.1) is 11.3 Å². The van der Waals surface area contributed by atoms with E-state index in [2.05, 4.69) is 5.32 Å². The molecule has 18 heavy (non-hydrogen) atoms. The third-order valence-corrected chi connectivity index (χ3v) is 3.43. The number of carboxylic acid groups (broad SMARTS) is 1. The fourth-order valence-corrected chi connectivity index (χ4v) is 2.33. The minimum Gasteiger partial charge on any atom is -0.508 e. The van der Waals surface area contributed by atoms with Crippen LogP contribution in [0.4, 0.5) is 0 Å². The van der Waals surface area contributed by atoms with Gasteiger partial charge in [0.05, 0.1) is 0 Å². The van der Waals surface area contributed by atoms with Crippen LogP contribution in [0.25, 0.3) is 0 Å². The fraction of sp³-hybridized carbons (Fsp3) is 0.154. The van der Waals surface area contributed by atoms with Crippen LogP contribution in [0.2, 0.25) is 0 Å². The monoisotopic (exact) mass is 263 g/mol. The second-order valence-electron chi connectivity index (χ2n) is 3.79. The molecule has 0 fully saturated rings. The van der Waals surface area contributed by atoms with Gasteiger partial charge in [0, 0.05) is 17.0 Å². The number of aromatic hydroxyl groups is 1. The van der Waals surface area contributed by atoms with Gasteiger partial charge in [0.1, 0.15) is 11.8 Å². The van der Waals surface area contributed by atoms with Gasteiger partial charge in [0.2, 0.25) is 0 Å². The first-order chi connectivity index (χ1) is 8.68. The Labute approximate surface area is 109 Å². The third-order valence-electron chi connectivity index (χ3n) is 2.56. The molecule has 4 nitrogen and oxygen atoms in total. The molecule has 2 rings (SSSR count). The molecule has 0 aliphatic heterocycles. The van der Waals surface area contributed by atoms with E-state index in [1.807, 2.05) is 17.5 Å². The van der Waals surface area contributed by atoms with E-state index < -0.39 is 12.0 Å². The highest BCUT2D eigenvalue weighted by atomic mass is 32.1. The highest BCUT2D eigenvalue weighted by molar-refractivity contribution is 7.09. The molecule has 0 amide bonds. The van der Waals surface area contributed by atoms with Gasteiger partial charge in [-0.3, -0.25) is 10.1 Å². The van der Waals surface area contributed by atoms with Crippen molar-refractivity contribution >= 4 is 17.3 Å². The van der Waals surface area contributed by atoms with Crippen molar-refractivity contribution in [1.82, 2.24) is 5.32 Å². The lowest BCUT2D eigenvalue weighted by atomic mass is 10.1.